The highest BCUT2D eigenvalue weighted by Crippen LogP contribution is 2.18. The lowest BCUT2D eigenvalue weighted by molar-refractivity contribution is -0.120. The first-order valence-corrected chi connectivity index (χ1v) is 10.6. The number of amides is 1. The molecular formula is C20H18N4O4S. The molecule has 0 aliphatic heterocycles. The molecule has 0 spiro atoms. The van der Waals surface area contributed by atoms with Gasteiger partial charge >= 0.3 is 5.22 Å². The minimum absolute atomic E-state index is 0.0314. The molecule has 9 heteroatoms. The Morgan fingerprint density at radius 3 is 2.62 bits per heavy atom. The van der Waals surface area contributed by atoms with Crippen molar-refractivity contribution in [3.05, 3.63) is 77.8 Å². The van der Waals surface area contributed by atoms with Crippen LogP contribution in [0.3, 0.4) is 0 Å². The number of aromatic amines is 1. The van der Waals surface area contributed by atoms with E-state index < -0.39 is 15.1 Å². The number of nitrogens with one attached hydrogen (secondary N) is 2. The lowest BCUT2D eigenvalue weighted by Gasteiger charge is -2.02. The second kappa shape index (κ2) is 7.88. The van der Waals surface area contributed by atoms with Crippen molar-refractivity contribution >= 4 is 26.6 Å². The lowest BCUT2D eigenvalue weighted by Crippen LogP contribution is -2.24. The predicted molar refractivity (Wildman–Crippen MR) is 105 cm³/mol. The molecule has 4 aromatic rings. The average Bonchev–Trinajstić information content (AvgIpc) is 3.35. The number of hydrogen-bond donors (Lipinski definition) is 2. The van der Waals surface area contributed by atoms with Gasteiger partial charge in [0.2, 0.25) is 21.6 Å². The summed E-state index contributed by atoms with van der Waals surface area (Å²) in [5, 5.41) is 10.5. The molecule has 0 atom stereocenters. The van der Waals surface area contributed by atoms with Gasteiger partial charge in [0.25, 0.3) is 0 Å². The van der Waals surface area contributed by atoms with E-state index in [4.69, 9.17) is 4.42 Å². The Labute approximate surface area is 166 Å². The number of nitrogens with zero attached hydrogens (tertiary/aromatic N) is 2. The number of hydrogen-bond acceptors (Lipinski definition) is 6. The van der Waals surface area contributed by atoms with Crippen molar-refractivity contribution in [2.75, 3.05) is 0 Å². The van der Waals surface area contributed by atoms with Crippen molar-refractivity contribution < 1.29 is 17.6 Å². The summed E-state index contributed by atoms with van der Waals surface area (Å²) >= 11 is 0. The number of carbonyl (C=O) groups is 1. The van der Waals surface area contributed by atoms with E-state index in [0.717, 1.165) is 16.5 Å². The van der Waals surface area contributed by atoms with Gasteiger partial charge in [0.1, 0.15) is 0 Å². The van der Waals surface area contributed by atoms with Crippen LogP contribution in [-0.4, -0.2) is 29.5 Å². The first-order valence-electron chi connectivity index (χ1n) is 8.92. The van der Waals surface area contributed by atoms with Gasteiger partial charge in [-0.15, -0.1) is 5.10 Å². The summed E-state index contributed by atoms with van der Waals surface area (Å²) in [4.78, 5) is 15.4. The minimum atomic E-state index is -3.75. The van der Waals surface area contributed by atoms with E-state index in [-0.39, 0.29) is 30.5 Å². The molecule has 0 saturated heterocycles. The summed E-state index contributed by atoms with van der Waals surface area (Å²) in [6.45, 7) is -0.0466. The van der Waals surface area contributed by atoms with Crippen LogP contribution in [0.5, 0.6) is 0 Å². The van der Waals surface area contributed by atoms with E-state index in [9.17, 15) is 13.2 Å². The number of para-hydroxylation sites is 1. The van der Waals surface area contributed by atoms with Gasteiger partial charge in [0.15, 0.2) is 0 Å². The monoisotopic (exact) mass is 410 g/mol. The summed E-state index contributed by atoms with van der Waals surface area (Å²) in [7, 11) is -3.75. The Hall–Kier alpha value is -3.46. The molecule has 1 amide bonds. The number of aromatic nitrogens is 3. The lowest BCUT2D eigenvalue weighted by atomic mass is 10.1. The van der Waals surface area contributed by atoms with Crippen LogP contribution in [0.15, 0.2) is 70.4 Å². The van der Waals surface area contributed by atoms with Gasteiger partial charge in [-0.25, -0.2) is 8.42 Å². The van der Waals surface area contributed by atoms with Crippen LogP contribution in [-0.2, 0) is 33.4 Å². The van der Waals surface area contributed by atoms with Crippen LogP contribution < -0.4 is 5.32 Å². The van der Waals surface area contributed by atoms with Crippen LogP contribution >= 0.6 is 0 Å². The SMILES string of the molecule is O=C(Cc1c[nH]c2ccccc12)NCc1nnc(S(=O)(=O)Cc2ccccc2)o1. The average molecular weight is 410 g/mol. The van der Waals surface area contributed by atoms with Crippen molar-refractivity contribution in [3.8, 4) is 0 Å². The maximum absolute atomic E-state index is 12.4. The highest BCUT2D eigenvalue weighted by atomic mass is 32.2. The van der Waals surface area contributed by atoms with Gasteiger partial charge in [-0.3, -0.25) is 4.79 Å². The fourth-order valence-electron chi connectivity index (χ4n) is 2.98. The number of rotatable bonds is 7. The Kier molecular flexibility index (Phi) is 5.13. The van der Waals surface area contributed by atoms with E-state index in [0.29, 0.717) is 5.56 Å². The van der Waals surface area contributed by atoms with Gasteiger partial charge in [-0.2, -0.15) is 0 Å². The second-order valence-corrected chi connectivity index (χ2v) is 8.39. The molecule has 8 nitrogen and oxygen atoms in total. The molecule has 2 N–H and O–H groups in total. The van der Waals surface area contributed by atoms with Crippen LogP contribution in [0.4, 0.5) is 0 Å². The molecule has 2 aromatic heterocycles. The summed E-state index contributed by atoms with van der Waals surface area (Å²) in [6, 6.07) is 16.4. The predicted octanol–water partition coefficient (Wildman–Crippen LogP) is 2.38. The standard InChI is InChI=1S/C20H18N4O4S/c25-18(10-15-11-21-17-9-5-4-8-16(15)17)22-12-19-23-24-20(28-19)29(26,27)13-14-6-2-1-3-7-14/h1-9,11,21H,10,12-13H2,(H,22,25). The largest absolute Gasteiger partial charge is 0.411 e. The number of fused-ring (bicyclic) bond motifs is 1. The molecular weight excluding hydrogens is 392 g/mol. The highest BCUT2D eigenvalue weighted by molar-refractivity contribution is 7.90. The Bertz CT molecular complexity index is 1250. The third kappa shape index (κ3) is 4.35. The number of benzene rings is 2. The number of sulfone groups is 1. The van der Waals surface area contributed by atoms with Crippen LogP contribution in [0.2, 0.25) is 0 Å². The zero-order valence-corrected chi connectivity index (χ0v) is 16.1. The first-order chi connectivity index (χ1) is 14.0. The molecule has 2 aromatic carbocycles. The molecule has 0 fully saturated rings. The maximum atomic E-state index is 12.4. The Morgan fingerprint density at radius 2 is 1.79 bits per heavy atom. The second-order valence-electron chi connectivity index (χ2n) is 6.52. The van der Waals surface area contributed by atoms with Crippen molar-refractivity contribution in [2.45, 2.75) is 23.9 Å². The molecule has 0 unspecified atom stereocenters. The van der Waals surface area contributed by atoms with Gasteiger partial charge in [0, 0.05) is 17.1 Å². The molecule has 0 aliphatic carbocycles. The summed E-state index contributed by atoms with van der Waals surface area (Å²) in [6.07, 6.45) is 1.97. The van der Waals surface area contributed by atoms with Crippen molar-refractivity contribution in [1.29, 1.82) is 0 Å². The van der Waals surface area contributed by atoms with E-state index in [1.165, 1.54) is 0 Å². The van der Waals surface area contributed by atoms with Crippen molar-refractivity contribution in [2.24, 2.45) is 0 Å². The van der Waals surface area contributed by atoms with Crippen LogP contribution in [0.1, 0.15) is 17.0 Å². The topological polar surface area (TPSA) is 118 Å². The highest BCUT2D eigenvalue weighted by Gasteiger charge is 2.23. The van der Waals surface area contributed by atoms with Crippen LogP contribution in [0, 0.1) is 0 Å². The van der Waals surface area contributed by atoms with Crippen molar-refractivity contribution in [1.82, 2.24) is 20.5 Å². The van der Waals surface area contributed by atoms with E-state index in [1.807, 2.05) is 24.3 Å². The Balaban J connectivity index is 1.37. The molecule has 2 heterocycles. The van der Waals surface area contributed by atoms with Crippen molar-refractivity contribution in [3.63, 3.8) is 0 Å². The normalized spacial score (nSPS) is 11.6. The van der Waals surface area contributed by atoms with Crippen LogP contribution in [0.25, 0.3) is 10.9 Å². The molecule has 4 rings (SSSR count). The van der Waals surface area contributed by atoms with E-state index in [1.54, 1.807) is 36.5 Å². The zero-order valence-electron chi connectivity index (χ0n) is 15.3. The Morgan fingerprint density at radius 1 is 1.03 bits per heavy atom. The zero-order chi connectivity index (χ0) is 20.3. The molecule has 0 saturated carbocycles. The van der Waals surface area contributed by atoms with Gasteiger partial charge < -0.3 is 14.7 Å². The summed E-state index contributed by atoms with van der Waals surface area (Å²) < 4.78 is 30.0. The molecule has 0 bridgehead atoms. The molecule has 29 heavy (non-hydrogen) atoms. The summed E-state index contributed by atoms with van der Waals surface area (Å²) in [5.41, 5.74) is 2.45. The molecule has 148 valence electrons. The fourth-order valence-corrected chi connectivity index (χ4v) is 4.12. The number of carbonyl (C=O) groups excluding carboxylic acids is 1. The van der Waals surface area contributed by atoms with Gasteiger partial charge in [0.05, 0.1) is 18.7 Å². The number of H-pyrrole nitrogens is 1. The quantitative estimate of drug-likeness (QED) is 0.483. The summed E-state index contributed by atoms with van der Waals surface area (Å²) in [5.74, 6) is -0.437. The minimum Gasteiger partial charge on any atom is -0.411 e. The third-order valence-corrected chi connectivity index (χ3v) is 5.79. The van der Waals surface area contributed by atoms with E-state index in [2.05, 4.69) is 20.5 Å². The fraction of sp³-hybridized carbons (Fsp3) is 0.150. The van der Waals surface area contributed by atoms with Gasteiger partial charge in [-0.05, 0) is 17.2 Å². The molecule has 0 radical (unpaired) electrons. The third-order valence-electron chi connectivity index (χ3n) is 4.38. The molecule has 0 aliphatic rings. The smallest absolute Gasteiger partial charge is 0.335 e. The first kappa shape index (κ1) is 18.9. The maximum Gasteiger partial charge on any atom is 0.335 e. The van der Waals surface area contributed by atoms with Gasteiger partial charge in [-0.1, -0.05) is 53.6 Å². The van der Waals surface area contributed by atoms with E-state index >= 15 is 0 Å².